The third-order valence-electron chi connectivity index (χ3n) is 4.66. The van der Waals surface area contributed by atoms with Crippen molar-refractivity contribution in [1.29, 1.82) is 0 Å². The third-order valence-corrected chi connectivity index (χ3v) is 5.21. The van der Waals surface area contributed by atoms with Crippen LogP contribution in [0.2, 0.25) is 10.0 Å². The maximum absolute atomic E-state index is 11.1. The van der Waals surface area contributed by atoms with Crippen molar-refractivity contribution in [2.45, 2.75) is 40.0 Å². The summed E-state index contributed by atoms with van der Waals surface area (Å²) in [6.45, 7) is 7.70. The molecule has 1 heterocycles. The van der Waals surface area contributed by atoms with Crippen molar-refractivity contribution in [2.24, 2.45) is 0 Å². The molecule has 3 rings (SSSR count). The second-order valence-corrected chi connectivity index (χ2v) is 8.57. The van der Waals surface area contributed by atoms with Gasteiger partial charge in [-0.2, -0.15) is 0 Å². The van der Waals surface area contributed by atoms with Crippen LogP contribution in [0, 0.1) is 6.92 Å². The SMILES string of the molecule is CC(=O)COc1ccc(/C=C/Cc2nc(-c3ccc(Cl)cc3Cl)oc2C(C)C)cc1C. The Labute approximate surface area is 192 Å². The first kappa shape index (κ1) is 23.1. The Hall–Kier alpha value is -2.56. The van der Waals surface area contributed by atoms with Gasteiger partial charge >= 0.3 is 0 Å². The first-order valence-corrected chi connectivity index (χ1v) is 10.8. The number of aryl methyl sites for hydroxylation is 1. The van der Waals surface area contributed by atoms with Gasteiger partial charge in [-0.05, 0) is 55.3 Å². The van der Waals surface area contributed by atoms with E-state index in [2.05, 4.69) is 19.9 Å². The van der Waals surface area contributed by atoms with Crippen molar-refractivity contribution >= 4 is 35.1 Å². The average Bonchev–Trinajstić information content (AvgIpc) is 3.11. The summed E-state index contributed by atoms with van der Waals surface area (Å²) in [5.74, 6) is 2.24. The number of allylic oxidation sites excluding steroid dienone is 1. The van der Waals surface area contributed by atoms with Gasteiger partial charge in [-0.25, -0.2) is 4.98 Å². The molecular weight excluding hydrogens is 433 g/mol. The fourth-order valence-electron chi connectivity index (χ4n) is 3.16. The Morgan fingerprint density at radius 2 is 1.97 bits per heavy atom. The molecule has 3 aromatic rings. The Balaban J connectivity index is 1.78. The quantitative estimate of drug-likeness (QED) is 0.355. The number of ketones is 1. The largest absolute Gasteiger partial charge is 0.486 e. The predicted molar refractivity (Wildman–Crippen MR) is 126 cm³/mol. The second kappa shape index (κ2) is 10.2. The highest BCUT2D eigenvalue weighted by molar-refractivity contribution is 6.36. The number of ether oxygens (including phenoxy) is 1. The lowest BCUT2D eigenvalue weighted by molar-refractivity contribution is -0.118. The van der Waals surface area contributed by atoms with E-state index in [9.17, 15) is 4.79 Å². The molecule has 0 saturated carbocycles. The number of Topliss-reactive ketones (excluding diaryl/α,β-unsaturated/α-hetero) is 1. The minimum absolute atomic E-state index is 0.00352. The summed E-state index contributed by atoms with van der Waals surface area (Å²) in [6.07, 6.45) is 4.72. The van der Waals surface area contributed by atoms with Crippen molar-refractivity contribution in [1.82, 2.24) is 4.98 Å². The molecule has 0 fully saturated rings. The number of rotatable bonds is 8. The van der Waals surface area contributed by atoms with Crippen LogP contribution in [-0.2, 0) is 11.2 Å². The molecule has 0 radical (unpaired) electrons. The molecule has 0 unspecified atom stereocenters. The Morgan fingerprint density at radius 1 is 1.19 bits per heavy atom. The van der Waals surface area contributed by atoms with E-state index in [-0.39, 0.29) is 18.3 Å². The van der Waals surface area contributed by atoms with Gasteiger partial charge in [0.25, 0.3) is 0 Å². The number of oxazole rings is 1. The van der Waals surface area contributed by atoms with Crippen LogP contribution >= 0.6 is 23.2 Å². The first-order chi connectivity index (χ1) is 14.7. The molecule has 0 amide bonds. The number of aromatic nitrogens is 1. The average molecular weight is 458 g/mol. The van der Waals surface area contributed by atoms with Crippen LogP contribution in [0.4, 0.5) is 0 Å². The van der Waals surface area contributed by atoms with E-state index in [1.165, 1.54) is 6.92 Å². The van der Waals surface area contributed by atoms with Crippen molar-refractivity contribution in [3.8, 4) is 17.2 Å². The molecule has 0 aliphatic carbocycles. The molecule has 0 N–H and O–H groups in total. The number of carbonyl (C=O) groups excluding carboxylic acids is 1. The Kier molecular flexibility index (Phi) is 7.58. The summed E-state index contributed by atoms with van der Waals surface area (Å²) in [7, 11) is 0. The molecule has 162 valence electrons. The zero-order valence-electron chi connectivity index (χ0n) is 18.0. The second-order valence-electron chi connectivity index (χ2n) is 7.73. The first-order valence-electron chi connectivity index (χ1n) is 10.1. The molecule has 0 saturated heterocycles. The summed E-state index contributed by atoms with van der Waals surface area (Å²) in [5, 5.41) is 1.08. The molecule has 0 aliphatic rings. The number of benzene rings is 2. The highest BCUT2D eigenvalue weighted by Gasteiger charge is 2.18. The van der Waals surface area contributed by atoms with Crippen molar-refractivity contribution in [3.05, 3.63) is 75.1 Å². The molecule has 0 bridgehead atoms. The molecule has 0 spiro atoms. The number of hydrogen-bond acceptors (Lipinski definition) is 4. The summed E-state index contributed by atoms with van der Waals surface area (Å²) in [6, 6.07) is 11.1. The minimum atomic E-state index is -0.00352. The lowest BCUT2D eigenvalue weighted by atomic mass is 10.1. The summed E-state index contributed by atoms with van der Waals surface area (Å²) in [4.78, 5) is 15.8. The van der Waals surface area contributed by atoms with Gasteiger partial charge in [0.15, 0.2) is 5.78 Å². The molecule has 6 heteroatoms. The van der Waals surface area contributed by atoms with Crippen molar-refractivity contribution in [2.75, 3.05) is 6.61 Å². The molecule has 1 aromatic heterocycles. The topological polar surface area (TPSA) is 52.3 Å². The van der Waals surface area contributed by atoms with Gasteiger partial charge in [0, 0.05) is 17.4 Å². The van der Waals surface area contributed by atoms with Crippen LogP contribution in [-0.4, -0.2) is 17.4 Å². The van der Waals surface area contributed by atoms with E-state index in [0.29, 0.717) is 22.4 Å². The number of carbonyl (C=O) groups is 1. The zero-order valence-corrected chi connectivity index (χ0v) is 19.6. The lowest BCUT2D eigenvalue weighted by Crippen LogP contribution is -2.07. The Morgan fingerprint density at radius 3 is 2.61 bits per heavy atom. The van der Waals surface area contributed by atoms with E-state index < -0.39 is 0 Å². The van der Waals surface area contributed by atoms with Gasteiger partial charge in [0.05, 0.1) is 16.3 Å². The van der Waals surface area contributed by atoms with Crippen molar-refractivity contribution < 1.29 is 13.9 Å². The van der Waals surface area contributed by atoms with Gasteiger partial charge in [0.1, 0.15) is 18.1 Å². The van der Waals surface area contributed by atoms with Crippen LogP contribution in [0.25, 0.3) is 17.5 Å². The standard InChI is InChI=1S/C25H25Cl2NO3/c1-15(2)24-22(28-25(31-24)20-10-9-19(26)13-21(20)27)7-5-6-18-8-11-23(16(3)12-18)30-14-17(4)29/h5-6,8-13,15H,7,14H2,1-4H3/b6-5+. The molecule has 4 nitrogen and oxygen atoms in total. The van der Waals surface area contributed by atoms with Crippen LogP contribution in [0.15, 0.2) is 46.9 Å². The van der Waals surface area contributed by atoms with Gasteiger partial charge < -0.3 is 9.15 Å². The summed E-state index contributed by atoms with van der Waals surface area (Å²) in [5.41, 5.74) is 3.63. The predicted octanol–water partition coefficient (Wildman–Crippen LogP) is 7.30. The van der Waals surface area contributed by atoms with Crippen LogP contribution in [0.5, 0.6) is 5.75 Å². The molecule has 2 aromatic carbocycles. The fraction of sp³-hybridized carbons (Fsp3) is 0.280. The van der Waals surface area contributed by atoms with E-state index in [4.69, 9.17) is 37.3 Å². The smallest absolute Gasteiger partial charge is 0.228 e. The number of halogens is 2. The number of nitrogens with zero attached hydrogens (tertiary/aromatic N) is 1. The summed E-state index contributed by atoms with van der Waals surface area (Å²) < 4.78 is 11.6. The molecular formula is C25H25Cl2NO3. The third kappa shape index (κ3) is 5.99. The lowest BCUT2D eigenvalue weighted by Gasteiger charge is -2.08. The van der Waals surface area contributed by atoms with Gasteiger partial charge in [-0.15, -0.1) is 0 Å². The maximum atomic E-state index is 11.1. The molecule has 0 aliphatic heterocycles. The monoisotopic (exact) mass is 457 g/mol. The van der Waals surface area contributed by atoms with E-state index >= 15 is 0 Å². The zero-order chi connectivity index (χ0) is 22.5. The van der Waals surface area contributed by atoms with Gasteiger partial charge in [-0.1, -0.05) is 55.3 Å². The van der Waals surface area contributed by atoms with Gasteiger partial charge in [-0.3, -0.25) is 4.79 Å². The van der Waals surface area contributed by atoms with Crippen LogP contribution in [0.1, 0.15) is 49.3 Å². The number of hydrogen-bond donors (Lipinski definition) is 0. The molecule has 0 atom stereocenters. The Bertz CT molecular complexity index is 1120. The fourth-order valence-corrected chi connectivity index (χ4v) is 3.65. The van der Waals surface area contributed by atoms with Crippen LogP contribution in [0.3, 0.4) is 0 Å². The van der Waals surface area contributed by atoms with E-state index in [1.54, 1.807) is 12.1 Å². The minimum Gasteiger partial charge on any atom is -0.486 e. The normalized spacial score (nSPS) is 11.5. The highest BCUT2D eigenvalue weighted by Crippen LogP contribution is 2.33. The van der Waals surface area contributed by atoms with E-state index in [0.717, 1.165) is 33.9 Å². The molecule has 31 heavy (non-hydrogen) atoms. The highest BCUT2D eigenvalue weighted by atomic mass is 35.5. The summed E-state index contributed by atoms with van der Waals surface area (Å²) >= 11 is 12.3. The van der Waals surface area contributed by atoms with Gasteiger partial charge in [0.2, 0.25) is 5.89 Å². The van der Waals surface area contributed by atoms with Crippen molar-refractivity contribution in [3.63, 3.8) is 0 Å². The van der Waals surface area contributed by atoms with Crippen LogP contribution < -0.4 is 4.74 Å². The maximum Gasteiger partial charge on any atom is 0.228 e. The van der Waals surface area contributed by atoms with E-state index in [1.807, 2.05) is 37.3 Å².